The molecule has 1 aliphatic rings. The van der Waals surface area contributed by atoms with Crippen LogP contribution < -0.4 is 10.6 Å². The van der Waals surface area contributed by atoms with E-state index in [0.717, 1.165) is 17.6 Å². The molecule has 1 saturated heterocycles. The van der Waals surface area contributed by atoms with E-state index in [1.165, 1.54) is 37.3 Å². The molecule has 1 fully saturated rings. The van der Waals surface area contributed by atoms with Gasteiger partial charge in [0.05, 0.1) is 0 Å². The monoisotopic (exact) mass is 325 g/mol. The molecule has 1 aromatic rings. The van der Waals surface area contributed by atoms with Gasteiger partial charge in [-0.1, -0.05) is 28.9 Å². The molecule has 0 bridgehead atoms. The van der Waals surface area contributed by atoms with Crippen LogP contribution in [-0.4, -0.2) is 37.6 Å². The summed E-state index contributed by atoms with van der Waals surface area (Å²) in [6, 6.07) is 6.61. The van der Waals surface area contributed by atoms with E-state index in [-0.39, 0.29) is 6.04 Å². The average molecular weight is 326 g/mol. The molecule has 19 heavy (non-hydrogen) atoms. The molecule has 0 radical (unpaired) electrons. The number of halogens is 1. The Morgan fingerprint density at radius 3 is 2.47 bits per heavy atom. The van der Waals surface area contributed by atoms with Crippen LogP contribution in [0.5, 0.6) is 0 Å². The van der Waals surface area contributed by atoms with E-state index in [9.17, 15) is 0 Å². The number of nitrogens with two attached hydrogens (primary N) is 1. The quantitative estimate of drug-likeness (QED) is 0.923. The van der Waals surface area contributed by atoms with Gasteiger partial charge in [-0.05, 0) is 37.6 Å². The minimum atomic E-state index is 0.0739. The van der Waals surface area contributed by atoms with Crippen molar-refractivity contribution in [2.45, 2.75) is 26.3 Å². The minimum absolute atomic E-state index is 0.0739. The number of hydrogen-bond acceptors (Lipinski definition) is 3. The Morgan fingerprint density at radius 1 is 1.26 bits per heavy atom. The van der Waals surface area contributed by atoms with Gasteiger partial charge in [-0.25, -0.2) is 0 Å². The average Bonchev–Trinajstić information content (AvgIpc) is 2.39. The summed E-state index contributed by atoms with van der Waals surface area (Å²) in [6.45, 7) is 10.1. The maximum atomic E-state index is 5.94. The van der Waals surface area contributed by atoms with Crippen molar-refractivity contribution in [3.05, 3.63) is 28.2 Å². The number of anilines is 1. The number of rotatable bonds is 4. The lowest BCUT2D eigenvalue weighted by atomic mass is 10.1. The van der Waals surface area contributed by atoms with Crippen LogP contribution in [0.1, 0.15) is 31.9 Å². The van der Waals surface area contributed by atoms with Gasteiger partial charge in [-0.2, -0.15) is 0 Å². The van der Waals surface area contributed by atoms with Crippen molar-refractivity contribution in [3.8, 4) is 0 Å². The molecule has 106 valence electrons. The zero-order chi connectivity index (χ0) is 13.8. The van der Waals surface area contributed by atoms with Gasteiger partial charge in [0.15, 0.2) is 0 Å². The smallest absolute Gasteiger partial charge is 0.0378 e. The molecule has 0 spiro atoms. The molecule has 0 saturated carbocycles. The zero-order valence-corrected chi connectivity index (χ0v) is 13.5. The molecule has 1 aromatic carbocycles. The lowest BCUT2D eigenvalue weighted by Gasteiger charge is -2.36. The Morgan fingerprint density at radius 2 is 1.95 bits per heavy atom. The molecule has 1 atom stereocenters. The SMILES string of the molecule is CCCN1CCN(c2ccc([C@@H](C)N)c(Br)c2)CC1. The fourth-order valence-electron chi connectivity index (χ4n) is 2.63. The van der Waals surface area contributed by atoms with Crippen molar-refractivity contribution in [1.82, 2.24) is 4.90 Å². The molecule has 1 heterocycles. The van der Waals surface area contributed by atoms with Crippen molar-refractivity contribution in [2.75, 3.05) is 37.6 Å². The van der Waals surface area contributed by atoms with E-state index in [2.05, 4.69) is 50.9 Å². The molecule has 0 aromatic heterocycles. The van der Waals surface area contributed by atoms with E-state index in [0.29, 0.717) is 0 Å². The Hall–Kier alpha value is -0.580. The van der Waals surface area contributed by atoms with E-state index < -0.39 is 0 Å². The third-order valence-corrected chi connectivity index (χ3v) is 4.44. The highest BCUT2D eigenvalue weighted by atomic mass is 79.9. The topological polar surface area (TPSA) is 32.5 Å². The molecule has 0 amide bonds. The highest BCUT2D eigenvalue weighted by Crippen LogP contribution is 2.28. The van der Waals surface area contributed by atoms with Crippen LogP contribution in [0.25, 0.3) is 0 Å². The summed E-state index contributed by atoms with van der Waals surface area (Å²) in [4.78, 5) is 5.00. The van der Waals surface area contributed by atoms with Gasteiger partial charge in [0.25, 0.3) is 0 Å². The van der Waals surface area contributed by atoms with Gasteiger partial charge in [-0.3, -0.25) is 4.90 Å². The molecule has 0 unspecified atom stereocenters. The molecular weight excluding hydrogens is 302 g/mol. The highest BCUT2D eigenvalue weighted by molar-refractivity contribution is 9.10. The van der Waals surface area contributed by atoms with Gasteiger partial charge in [0, 0.05) is 42.4 Å². The lowest BCUT2D eigenvalue weighted by Crippen LogP contribution is -2.46. The van der Waals surface area contributed by atoms with Crippen molar-refractivity contribution >= 4 is 21.6 Å². The minimum Gasteiger partial charge on any atom is -0.369 e. The first-order chi connectivity index (χ1) is 9.11. The number of piperazine rings is 1. The van der Waals surface area contributed by atoms with E-state index in [4.69, 9.17) is 5.73 Å². The van der Waals surface area contributed by atoms with Crippen molar-refractivity contribution in [2.24, 2.45) is 5.73 Å². The first kappa shape index (κ1) is 14.8. The van der Waals surface area contributed by atoms with E-state index >= 15 is 0 Å². The third kappa shape index (κ3) is 3.71. The molecular formula is C15H24BrN3. The summed E-state index contributed by atoms with van der Waals surface area (Å²) < 4.78 is 1.12. The summed E-state index contributed by atoms with van der Waals surface area (Å²) in [7, 11) is 0. The first-order valence-corrected chi connectivity index (χ1v) is 7.93. The summed E-state index contributed by atoms with van der Waals surface area (Å²) in [5.41, 5.74) is 8.42. The molecule has 4 heteroatoms. The molecule has 2 N–H and O–H groups in total. The molecule has 1 aliphatic heterocycles. The Kier molecular flexibility index (Phi) is 5.25. The fraction of sp³-hybridized carbons (Fsp3) is 0.600. The standard InChI is InChI=1S/C15H24BrN3/c1-3-6-18-7-9-19(10-8-18)13-4-5-14(12(2)17)15(16)11-13/h4-5,11-12H,3,6-10,17H2,1-2H3/t12-/m1/s1. The Bertz CT molecular complexity index is 412. The second-order valence-electron chi connectivity index (χ2n) is 5.32. The lowest BCUT2D eigenvalue weighted by molar-refractivity contribution is 0.258. The van der Waals surface area contributed by atoms with Crippen LogP contribution in [0.4, 0.5) is 5.69 Å². The second-order valence-corrected chi connectivity index (χ2v) is 6.18. The van der Waals surface area contributed by atoms with Crippen LogP contribution >= 0.6 is 15.9 Å². The highest BCUT2D eigenvalue weighted by Gasteiger charge is 2.17. The number of hydrogen-bond donors (Lipinski definition) is 1. The second kappa shape index (κ2) is 6.73. The van der Waals surface area contributed by atoms with E-state index in [1.807, 2.05) is 6.92 Å². The van der Waals surface area contributed by atoms with Gasteiger partial charge >= 0.3 is 0 Å². The molecule has 2 rings (SSSR count). The van der Waals surface area contributed by atoms with E-state index in [1.54, 1.807) is 0 Å². The maximum absolute atomic E-state index is 5.94. The van der Waals surface area contributed by atoms with Crippen LogP contribution in [0.2, 0.25) is 0 Å². The van der Waals surface area contributed by atoms with Crippen molar-refractivity contribution < 1.29 is 0 Å². The van der Waals surface area contributed by atoms with Crippen LogP contribution in [0, 0.1) is 0 Å². The predicted molar refractivity (Wildman–Crippen MR) is 85.7 cm³/mol. The fourth-order valence-corrected chi connectivity index (χ4v) is 3.36. The Balaban J connectivity index is 2.02. The normalized spacial score (nSPS) is 18.6. The number of nitrogens with zero attached hydrogens (tertiary/aromatic N) is 2. The van der Waals surface area contributed by atoms with Gasteiger partial charge < -0.3 is 10.6 Å². The summed E-state index contributed by atoms with van der Waals surface area (Å²) in [6.07, 6.45) is 1.24. The van der Waals surface area contributed by atoms with Crippen molar-refractivity contribution in [1.29, 1.82) is 0 Å². The summed E-state index contributed by atoms with van der Waals surface area (Å²) in [5.74, 6) is 0. The largest absolute Gasteiger partial charge is 0.369 e. The van der Waals surface area contributed by atoms with Crippen LogP contribution in [0.15, 0.2) is 22.7 Å². The maximum Gasteiger partial charge on any atom is 0.0378 e. The Labute approximate surface area is 124 Å². The summed E-state index contributed by atoms with van der Waals surface area (Å²) in [5, 5.41) is 0. The predicted octanol–water partition coefficient (Wildman–Crippen LogP) is 3.00. The molecule has 3 nitrogen and oxygen atoms in total. The van der Waals surface area contributed by atoms with Gasteiger partial charge in [0.1, 0.15) is 0 Å². The first-order valence-electron chi connectivity index (χ1n) is 7.14. The van der Waals surface area contributed by atoms with Gasteiger partial charge in [-0.15, -0.1) is 0 Å². The summed E-state index contributed by atoms with van der Waals surface area (Å²) >= 11 is 3.63. The van der Waals surface area contributed by atoms with Gasteiger partial charge in [0.2, 0.25) is 0 Å². The third-order valence-electron chi connectivity index (χ3n) is 3.75. The molecule has 0 aliphatic carbocycles. The van der Waals surface area contributed by atoms with Crippen molar-refractivity contribution in [3.63, 3.8) is 0 Å². The van der Waals surface area contributed by atoms with Crippen LogP contribution in [0.3, 0.4) is 0 Å². The van der Waals surface area contributed by atoms with Crippen LogP contribution in [-0.2, 0) is 0 Å². The number of benzene rings is 1. The zero-order valence-electron chi connectivity index (χ0n) is 11.9.